The summed E-state index contributed by atoms with van der Waals surface area (Å²) < 4.78 is 1.90. The van der Waals surface area contributed by atoms with Crippen LogP contribution < -0.4 is 10.6 Å². The van der Waals surface area contributed by atoms with Crippen LogP contribution in [0, 0.1) is 19.8 Å². The summed E-state index contributed by atoms with van der Waals surface area (Å²) in [6.07, 6.45) is 0. The van der Waals surface area contributed by atoms with Crippen LogP contribution >= 0.6 is 0 Å². The Labute approximate surface area is 202 Å². The zero-order valence-electron chi connectivity index (χ0n) is 21.8. The van der Waals surface area contributed by atoms with Crippen LogP contribution in [-0.4, -0.2) is 33.1 Å². The van der Waals surface area contributed by atoms with Crippen molar-refractivity contribution < 1.29 is 9.59 Å². The van der Waals surface area contributed by atoms with Gasteiger partial charge in [-0.2, -0.15) is 5.10 Å². The van der Waals surface area contributed by atoms with Crippen molar-refractivity contribution in [2.45, 2.75) is 73.8 Å². The molecule has 0 spiro atoms. The van der Waals surface area contributed by atoms with E-state index in [0.717, 1.165) is 28.0 Å². The second-order valence-electron chi connectivity index (χ2n) is 10.7. The summed E-state index contributed by atoms with van der Waals surface area (Å²) >= 11 is 0. The fraction of sp³-hybridized carbons (Fsp3) is 0.481. The van der Waals surface area contributed by atoms with Crippen LogP contribution in [0.2, 0.25) is 0 Å². The summed E-state index contributed by atoms with van der Waals surface area (Å²) in [5.41, 5.74) is 4.68. The molecule has 2 heterocycles. The predicted octanol–water partition coefficient (Wildman–Crippen LogP) is 5.56. The zero-order valence-corrected chi connectivity index (χ0v) is 21.8. The highest BCUT2D eigenvalue weighted by Gasteiger charge is 2.25. The topological polar surface area (TPSA) is 88.9 Å². The van der Waals surface area contributed by atoms with Gasteiger partial charge in [0.25, 0.3) is 11.8 Å². The van der Waals surface area contributed by atoms with Gasteiger partial charge in [0.05, 0.1) is 22.2 Å². The first kappa shape index (κ1) is 25.4. The summed E-state index contributed by atoms with van der Waals surface area (Å²) in [6.45, 7) is 18.9. The predicted molar refractivity (Wildman–Crippen MR) is 138 cm³/mol. The van der Waals surface area contributed by atoms with Crippen LogP contribution in [0.5, 0.6) is 0 Å². The first-order valence-electron chi connectivity index (χ1n) is 11.9. The van der Waals surface area contributed by atoms with Gasteiger partial charge in [0.15, 0.2) is 5.65 Å². The number of benzene rings is 1. The summed E-state index contributed by atoms with van der Waals surface area (Å²) in [5.74, 6) is 0.204. The van der Waals surface area contributed by atoms with E-state index >= 15 is 0 Å². The molecular formula is C27H37N5O2. The highest BCUT2D eigenvalue weighted by atomic mass is 16.2. The number of aryl methyl sites for hydroxylation is 2. The van der Waals surface area contributed by atoms with Crippen molar-refractivity contribution in [2.75, 3.05) is 11.9 Å². The van der Waals surface area contributed by atoms with E-state index in [1.807, 2.05) is 24.6 Å². The van der Waals surface area contributed by atoms with Gasteiger partial charge < -0.3 is 10.6 Å². The maximum atomic E-state index is 13.5. The number of hydrogen-bond acceptors (Lipinski definition) is 4. The van der Waals surface area contributed by atoms with Crippen LogP contribution in [-0.2, 0) is 5.54 Å². The Morgan fingerprint density at radius 3 is 2.26 bits per heavy atom. The number of nitrogens with one attached hydrogen (secondary N) is 2. The van der Waals surface area contributed by atoms with E-state index in [1.54, 1.807) is 18.2 Å². The molecule has 2 aromatic heterocycles. The smallest absolute Gasteiger partial charge is 0.256 e. The maximum absolute atomic E-state index is 13.5. The number of rotatable bonds is 6. The molecule has 3 rings (SSSR count). The molecule has 0 saturated heterocycles. The molecule has 3 aromatic rings. The van der Waals surface area contributed by atoms with Crippen molar-refractivity contribution in [3.05, 3.63) is 52.3 Å². The molecule has 1 aromatic carbocycles. The van der Waals surface area contributed by atoms with Crippen LogP contribution in [0.3, 0.4) is 0 Å². The second kappa shape index (κ2) is 9.57. The monoisotopic (exact) mass is 463 g/mol. The van der Waals surface area contributed by atoms with E-state index in [1.165, 1.54) is 0 Å². The summed E-state index contributed by atoms with van der Waals surface area (Å²) in [4.78, 5) is 30.8. The quantitative estimate of drug-likeness (QED) is 0.500. The number of fused-ring (bicyclic) bond motifs is 1. The van der Waals surface area contributed by atoms with E-state index < -0.39 is 0 Å². The molecule has 0 atom stereocenters. The Balaban J connectivity index is 1.99. The van der Waals surface area contributed by atoms with Gasteiger partial charge in [-0.3, -0.25) is 9.59 Å². The van der Waals surface area contributed by atoms with Gasteiger partial charge in [-0.15, -0.1) is 0 Å². The molecule has 0 radical (unpaired) electrons. The summed E-state index contributed by atoms with van der Waals surface area (Å²) in [5, 5.41) is 11.5. The van der Waals surface area contributed by atoms with Gasteiger partial charge in [-0.1, -0.05) is 27.7 Å². The van der Waals surface area contributed by atoms with Crippen molar-refractivity contribution in [2.24, 2.45) is 5.92 Å². The van der Waals surface area contributed by atoms with Gasteiger partial charge in [-0.25, -0.2) is 9.67 Å². The lowest BCUT2D eigenvalue weighted by molar-refractivity contribution is 0.0948. The molecule has 0 aliphatic rings. The number of carbonyl (C=O) groups excluding carboxylic acids is 2. The summed E-state index contributed by atoms with van der Waals surface area (Å²) in [7, 11) is 0. The average Bonchev–Trinajstić information content (AvgIpc) is 3.09. The lowest BCUT2D eigenvalue weighted by Crippen LogP contribution is -2.27. The Morgan fingerprint density at radius 2 is 1.71 bits per heavy atom. The van der Waals surface area contributed by atoms with Crippen LogP contribution in [0.4, 0.5) is 5.69 Å². The number of carbonyl (C=O) groups is 2. The van der Waals surface area contributed by atoms with Gasteiger partial charge >= 0.3 is 0 Å². The summed E-state index contributed by atoms with van der Waals surface area (Å²) in [6, 6.07) is 7.19. The van der Waals surface area contributed by atoms with E-state index in [2.05, 4.69) is 59.1 Å². The Bertz CT molecular complexity index is 1230. The normalized spacial score (nSPS) is 12.0. The molecule has 7 heteroatoms. The van der Waals surface area contributed by atoms with E-state index in [9.17, 15) is 9.59 Å². The molecule has 0 aliphatic heterocycles. The van der Waals surface area contributed by atoms with E-state index in [4.69, 9.17) is 10.1 Å². The molecule has 2 amide bonds. The number of anilines is 1. The largest absolute Gasteiger partial charge is 0.352 e. The molecule has 0 saturated carbocycles. The third kappa shape index (κ3) is 5.29. The fourth-order valence-corrected chi connectivity index (χ4v) is 3.78. The second-order valence-corrected chi connectivity index (χ2v) is 10.7. The minimum absolute atomic E-state index is 0.114. The van der Waals surface area contributed by atoms with Crippen LogP contribution in [0.25, 0.3) is 11.0 Å². The lowest BCUT2D eigenvalue weighted by atomic mass is 10.0. The van der Waals surface area contributed by atoms with Crippen molar-refractivity contribution in [1.29, 1.82) is 0 Å². The zero-order chi connectivity index (χ0) is 25.4. The number of aromatic nitrogens is 3. The Kier molecular flexibility index (Phi) is 7.15. The van der Waals surface area contributed by atoms with E-state index in [0.29, 0.717) is 29.3 Å². The average molecular weight is 464 g/mol. The maximum Gasteiger partial charge on any atom is 0.256 e. The lowest BCUT2D eigenvalue weighted by Gasteiger charge is -2.20. The molecule has 0 bridgehead atoms. The SMILES string of the molecule is Cc1cc(C(=O)NCC(C)C)ccc1NC(=O)c1cc(C(C)C)nc2c1c(C)nn2C(C)(C)C. The molecule has 34 heavy (non-hydrogen) atoms. The van der Waals surface area contributed by atoms with Crippen molar-refractivity contribution in [3.63, 3.8) is 0 Å². The number of nitrogens with zero attached hydrogens (tertiary/aromatic N) is 3. The highest BCUT2D eigenvalue weighted by molar-refractivity contribution is 6.13. The molecular weight excluding hydrogens is 426 g/mol. The minimum atomic E-state index is -0.272. The molecule has 0 unspecified atom stereocenters. The fourth-order valence-electron chi connectivity index (χ4n) is 3.78. The van der Waals surface area contributed by atoms with Crippen LogP contribution in [0.15, 0.2) is 24.3 Å². The number of pyridine rings is 1. The molecule has 2 N–H and O–H groups in total. The van der Waals surface area contributed by atoms with Gasteiger partial charge in [0, 0.05) is 23.5 Å². The molecule has 0 aliphatic carbocycles. The minimum Gasteiger partial charge on any atom is -0.352 e. The molecule has 182 valence electrons. The van der Waals surface area contributed by atoms with Crippen molar-refractivity contribution in [3.8, 4) is 0 Å². The van der Waals surface area contributed by atoms with Gasteiger partial charge in [-0.05, 0) is 76.3 Å². The van der Waals surface area contributed by atoms with Gasteiger partial charge in [0.1, 0.15) is 0 Å². The van der Waals surface area contributed by atoms with Gasteiger partial charge in [0.2, 0.25) is 0 Å². The highest BCUT2D eigenvalue weighted by Crippen LogP contribution is 2.29. The molecule has 0 fully saturated rings. The third-order valence-corrected chi connectivity index (χ3v) is 5.71. The number of hydrogen-bond donors (Lipinski definition) is 2. The Hall–Kier alpha value is -3.22. The third-order valence-electron chi connectivity index (χ3n) is 5.71. The number of amides is 2. The first-order valence-corrected chi connectivity index (χ1v) is 11.9. The van der Waals surface area contributed by atoms with Crippen molar-refractivity contribution >= 4 is 28.5 Å². The van der Waals surface area contributed by atoms with Crippen LogP contribution in [0.1, 0.15) is 92.1 Å². The van der Waals surface area contributed by atoms with E-state index in [-0.39, 0.29) is 23.3 Å². The standard InChI is InChI=1S/C27H37N5O2/c1-15(2)14-28-25(33)19-10-11-21(17(5)12-19)30-26(34)20-13-22(16(3)4)29-24-23(20)18(6)31-32(24)27(7,8)9/h10-13,15-16H,14H2,1-9H3,(H,28,33)(H,30,34). The first-order chi connectivity index (χ1) is 15.8. The molecule has 7 nitrogen and oxygen atoms in total. The van der Waals surface area contributed by atoms with Crippen molar-refractivity contribution in [1.82, 2.24) is 20.1 Å². The Morgan fingerprint density at radius 1 is 1.03 bits per heavy atom.